The van der Waals surface area contributed by atoms with E-state index in [1.807, 2.05) is 42.5 Å². The normalized spacial score (nSPS) is 21.5. The standard InChI is InChI=1S/C35H46N2O7/c1-2-3-5-10-24(11-6-4-9-18-38)30(39)22-37-21-28(25-14-15-31-32(19-25)44-23-43-31)33(35(41)42)29(37)16-17-36-20-26-12-7-8-13-27(26)34(36)40/h7-8,12-15,19,24,28-29,33,38H,2-6,9-11,16-18,20-23H2,1H3,(H,41,42)/t24?,28-,29+,33-/m1/s1. The summed E-state index contributed by atoms with van der Waals surface area (Å²) in [5.41, 5.74) is 2.55. The van der Waals surface area contributed by atoms with Crippen molar-refractivity contribution in [3.05, 3.63) is 59.2 Å². The van der Waals surface area contributed by atoms with Gasteiger partial charge in [-0.2, -0.15) is 0 Å². The minimum absolute atomic E-state index is 0.0284. The molecule has 4 atom stereocenters. The predicted octanol–water partition coefficient (Wildman–Crippen LogP) is 5.25. The van der Waals surface area contributed by atoms with Crippen LogP contribution in [-0.2, 0) is 16.1 Å². The van der Waals surface area contributed by atoms with Gasteiger partial charge in [0.2, 0.25) is 6.79 Å². The number of ketones is 1. The van der Waals surface area contributed by atoms with Crippen LogP contribution in [-0.4, -0.2) is 76.7 Å². The molecule has 238 valence electrons. The number of nitrogens with zero attached hydrogens (tertiary/aromatic N) is 2. The van der Waals surface area contributed by atoms with E-state index < -0.39 is 17.9 Å². The molecule has 44 heavy (non-hydrogen) atoms. The monoisotopic (exact) mass is 606 g/mol. The van der Waals surface area contributed by atoms with Gasteiger partial charge in [0.15, 0.2) is 11.5 Å². The maximum Gasteiger partial charge on any atom is 0.308 e. The number of ether oxygens (including phenoxy) is 2. The SMILES string of the molecule is CCCCCC(CCCCCO)C(=O)CN1C[C@H](c2ccc3c(c2)OCO3)[C@@H](C(=O)O)[C@@H]1CCN1Cc2ccccc2C1=O. The molecule has 0 spiro atoms. The molecule has 1 unspecified atom stereocenters. The van der Waals surface area contributed by atoms with Crippen LogP contribution in [0.3, 0.4) is 0 Å². The molecule has 0 saturated carbocycles. The van der Waals surface area contributed by atoms with Crippen molar-refractivity contribution in [2.45, 2.75) is 83.2 Å². The van der Waals surface area contributed by atoms with Crippen LogP contribution in [0.25, 0.3) is 0 Å². The number of carboxylic acids is 1. The molecule has 0 radical (unpaired) electrons. The Morgan fingerprint density at radius 3 is 2.52 bits per heavy atom. The number of Topliss-reactive ketones (excluding diaryl/α,β-unsaturated/α-hetero) is 1. The molecule has 9 nitrogen and oxygen atoms in total. The summed E-state index contributed by atoms with van der Waals surface area (Å²) < 4.78 is 11.1. The number of rotatable bonds is 17. The lowest BCUT2D eigenvalue weighted by Crippen LogP contribution is -2.42. The van der Waals surface area contributed by atoms with Crippen LogP contribution in [0.1, 0.15) is 92.1 Å². The molecule has 3 aliphatic heterocycles. The lowest BCUT2D eigenvalue weighted by Gasteiger charge is -2.29. The van der Waals surface area contributed by atoms with Gasteiger partial charge in [-0.3, -0.25) is 19.3 Å². The largest absolute Gasteiger partial charge is 0.481 e. The zero-order chi connectivity index (χ0) is 31.1. The van der Waals surface area contributed by atoms with Crippen molar-refractivity contribution in [1.82, 2.24) is 9.80 Å². The van der Waals surface area contributed by atoms with Gasteiger partial charge in [-0.15, -0.1) is 0 Å². The van der Waals surface area contributed by atoms with Crippen LogP contribution < -0.4 is 9.47 Å². The van der Waals surface area contributed by atoms with Gasteiger partial charge >= 0.3 is 5.97 Å². The molecule has 1 amide bonds. The Labute approximate surface area is 260 Å². The van der Waals surface area contributed by atoms with Crippen molar-refractivity contribution in [2.24, 2.45) is 11.8 Å². The molecule has 0 aliphatic carbocycles. The van der Waals surface area contributed by atoms with Crippen LogP contribution in [0.2, 0.25) is 0 Å². The lowest BCUT2D eigenvalue weighted by atomic mass is 9.84. The number of hydrogen-bond donors (Lipinski definition) is 2. The topological polar surface area (TPSA) is 117 Å². The smallest absolute Gasteiger partial charge is 0.308 e. The van der Waals surface area contributed by atoms with Gasteiger partial charge in [0.25, 0.3) is 5.91 Å². The number of fused-ring (bicyclic) bond motifs is 2. The fourth-order valence-corrected chi connectivity index (χ4v) is 7.23. The Hall–Kier alpha value is -3.43. The van der Waals surface area contributed by atoms with Crippen molar-refractivity contribution in [1.29, 1.82) is 0 Å². The van der Waals surface area contributed by atoms with E-state index in [1.54, 1.807) is 4.90 Å². The highest BCUT2D eigenvalue weighted by molar-refractivity contribution is 5.98. The molecule has 0 bridgehead atoms. The van der Waals surface area contributed by atoms with Crippen molar-refractivity contribution in [3.8, 4) is 11.5 Å². The van der Waals surface area contributed by atoms with E-state index in [1.165, 1.54) is 0 Å². The zero-order valence-electron chi connectivity index (χ0n) is 25.8. The number of unbranched alkanes of at least 4 members (excludes halogenated alkanes) is 4. The van der Waals surface area contributed by atoms with Crippen LogP contribution in [0.4, 0.5) is 0 Å². The highest BCUT2D eigenvalue weighted by atomic mass is 16.7. The molecular weight excluding hydrogens is 560 g/mol. The Balaban J connectivity index is 1.36. The number of likely N-dealkylation sites (tertiary alicyclic amines) is 1. The first kappa shape index (κ1) is 32.0. The fraction of sp³-hybridized carbons (Fsp3) is 0.571. The minimum atomic E-state index is -0.896. The van der Waals surface area contributed by atoms with Gasteiger partial charge < -0.3 is 24.6 Å². The number of hydrogen-bond acceptors (Lipinski definition) is 7. The second-order valence-electron chi connectivity index (χ2n) is 12.5. The summed E-state index contributed by atoms with van der Waals surface area (Å²) in [5, 5.41) is 19.8. The molecule has 0 aromatic heterocycles. The third-order valence-electron chi connectivity index (χ3n) is 9.63. The summed E-state index contributed by atoms with van der Waals surface area (Å²) in [5.74, 6) is -0.673. The second-order valence-corrected chi connectivity index (χ2v) is 12.5. The highest BCUT2D eigenvalue weighted by Gasteiger charge is 2.47. The van der Waals surface area contributed by atoms with Gasteiger partial charge in [0.05, 0.1) is 12.5 Å². The summed E-state index contributed by atoms with van der Waals surface area (Å²) in [6, 6.07) is 12.8. The summed E-state index contributed by atoms with van der Waals surface area (Å²) >= 11 is 0. The summed E-state index contributed by atoms with van der Waals surface area (Å²) in [6.45, 7) is 4.01. The third-order valence-corrected chi connectivity index (χ3v) is 9.63. The molecule has 2 N–H and O–H groups in total. The number of carbonyl (C=O) groups is 3. The van der Waals surface area contributed by atoms with Gasteiger partial charge in [-0.05, 0) is 55.0 Å². The van der Waals surface area contributed by atoms with E-state index in [0.29, 0.717) is 43.1 Å². The Morgan fingerprint density at radius 2 is 1.77 bits per heavy atom. The predicted molar refractivity (Wildman–Crippen MR) is 166 cm³/mol. The zero-order valence-corrected chi connectivity index (χ0v) is 25.8. The number of aliphatic hydroxyl groups excluding tert-OH is 1. The van der Waals surface area contributed by atoms with E-state index in [0.717, 1.165) is 62.5 Å². The molecule has 2 aromatic rings. The van der Waals surface area contributed by atoms with Gasteiger partial charge in [-0.1, -0.05) is 63.3 Å². The molecule has 5 rings (SSSR count). The number of aliphatic carboxylic acids is 1. The van der Waals surface area contributed by atoms with Crippen molar-refractivity contribution in [2.75, 3.05) is 33.0 Å². The Bertz CT molecular complexity index is 1310. The lowest BCUT2D eigenvalue weighted by molar-refractivity contribution is -0.143. The number of aliphatic hydroxyl groups is 1. The second kappa shape index (κ2) is 15.0. The Kier molecular flexibility index (Phi) is 10.9. The van der Waals surface area contributed by atoms with E-state index >= 15 is 0 Å². The van der Waals surface area contributed by atoms with Crippen LogP contribution in [0, 0.1) is 11.8 Å². The fourth-order valence-electron chi connectivity index (χ4n) is 7.23. The number of carboxylic acid groups (broad SMARTS) is 1. The maximum atomic E-state index is 13.9. The first-order chi connectivity index (χ1) is 21.4. The van der Waals surface area contributed by atoms with Gasteiger partial charge in [0.1, 0.15) is 5.78 Å². The van der Waals surface area contributed by atoms with Crippen molar-refractivity contribution < 1.29 is 34.1 Å². The number of carbonyl (C=O) groups excluding carboxylic acids is 2. The minimum Gasteiger partial charge on any atom is -0.481 e. The Morgan fingerprint density at radius 1 is 1.00 bits per heavy atom. The molecule has 3 aliphatic rings. The summed E-state index contributed by atoms with van der Waals surface area (Å²) in [7, 11) is 0. The third kappa shape index (κ3) is 7.26. The van der Waals surface area contributed by atoms with Gasteiger partial charge in [0, 0.05) is 49.7 Å². The molecule has 1 fully saturated rings. The summed E-state index contributed by atoms with van der Waals surface area (Å²) in [4.78, 5) is 43.8. The molecule has 1 saturated heterocycles. The molecule has 9 heteroatoms. The van der Waals surface area contributed by atoms with E-state index in [9.17, 15) is 24.6 Å². The quantitative estimate of drug-likeness (QED) is 0.235. The van der Waals surface area contributed by atoms with Crippen molar-refractivity contribution >= 4 is 17.7 Å². The average molecular weight is 607 g/mol. The maximum absolute atomic E-state index is 13.9. The molecule has 2 aromatic carbocycles. The first-order valence-electron chi connectivity index (χ1n) is 16.3. The van der Waals surface area contributed by atoms with E-state index in [-0.39, 0.29) is 43.5 Å². The average Bonchev–Trinajstić information content (AvgIpc) is 3.72. The van der Waals surface area contributed by atoms with Crippen LogP contribution in [0.15, 0.2) is 42.5 Å². The summed E-state index contributed by atoms with van der Waals surface area (Å²) in [6.07, 6.45) is 7.74. The van der Waals surface area contributed by atoms with Crippen molar-refractivity contribution in [3.63, 3.8) is 0 Å². The number of amides is 1. The highest BCUT2D eigenvalue weighted by Crippen LogP contribution is 2.43. The van der Waals surface area contributed by atoms with Crippen LogP contribution in [0.5, 0.6) is 11.5 Å². The number of benzene rings is 2. The first-order valence-corrected chi connectivity index (χ1v) is 16.3. The van der Waals surface area contributed by atoms with E-state index in [4.69, 9.17) is 9.47 Å². The van der Waals surface area contributed by atoms with Crippen LogP contribution >= 0.6 is 0 Å². The van der Waals surface area contributed by atoms with E-state index in [2.05, 4.69) is 11.8 Å². The molecule has 3 heterocycles. The van der Waals surface area contributed by atoms with Gasteiger partial charge in [-0.25, -0.2) is 0 Å². The molecular formula is C35H46N2O7.